The minimum atomic E-state index is -0.209. The van der Waals surface area contributed by atoms with Gasteiger partial charge in [-0.1, -0.05) is 47.4 Å². The molecule has 1 aromatic carbocycles. The molecule has 3 rings (SSSR count). The number of benzene rings is 1. The number of aromatic nitrogens is 2. The minimum absolute atomic E-state index is 0.119. The summed E-state index contributed by atoms with van der Waals surface area (Å²) in [4.78, 5) is 14.9. The number of carbonyl (C=O) groups excluding carboxylic acids is 1. The smallest absolute Gasteiger partial charge is 0.240 e. The SMILES string of the molecule is C=CCNc1nnc(S[C@@H](C)C(=O)N2c3ccccc3C[C@@H]2C)s1. The Kier molecular flexibility index (Phi) is 5.20. The van der Waals surface area contributed by atoms with E-state index in [1.54, 1.807) is 6.08 Å². The zero-order valence-corrected chi connectivity index (χ0v) is 15.4. The van der Waals surface area contributed by atoms with Crippen LogP contribution in [0.25, 0.3) is 0 Å². The summed E-state index contributed by atoms with van der Waals surface area (Å²) < 4.78 is 0.794. The van der Waals surface area contributed by atoms with Crippen LogP contribution in [-0.2, 0) is 11.2 Å². The zero-order valence-electron chi connectivity index (χ0n) is 13.7. The van der Waals surface area contributed by atoms with Crippen LogP contribution >= 0.6 is 23.1 Å². The van der Waals surface area contributed by atoms with Gasteiger partial charge < -0.3 is 10.2 Å². The number of nitrogens with one attached hydrogen (secondary N) is 1. The normalized spacial score (nSPS) is 17.4. The van der Waals surface area contributed by atoms with Crippen LogP contribution in [0.5, 0.6) is 0 Å². The van der Waals surface area contributed by atoms with Gasteiger partial charge in [0.05, 0.1) is 5.25 Å². The van der Waals surface area contributed by atoms with E-state index in [4.69, 9.17) is 0 Å². The van der Waals surface area contributed by atoms with Gasteiger partial charge in [-0.05, 0) is 31.9 Å². The summed E-state index contributed by atoms with van der Waals surface area (Å²) in [5.74, 6) is 0.119. The van der Waals surface area contributed by atoms with Crippen LogP contribution in [0.15, 0.2) is 41.3 Å². The highest BCUT2D eigenvalue weighted by Gasteiger charge is 2.33. The first-order chi connectivity index (χ1) is 11.6. The highest BCUT2D eigenvalue weighted by Crippen LogP contribution is 2.35. The van der Waals surface area contributed by atoms with E-state index in [2.05, 4.69) is 35.1 Å². The summed E-state index contributed by atoms with van der Waals surface area (Å²) in [5, 5.41) is 11.9. The highest BCUT2D eigenvalue weighted by atomic mass is 32.2. The molecule has 2 heterocycles. The zero-order chi connectivity index (χ0) is 17.1. The average Bonchev–Trinajstić information content (AvgIpc) is 3.15. The predicted octanol–water partition coefficient (Wildman–Crippen LogP) is 3.59. The van der Waals surface area contributed by atoms with Crippen molar-refractivity contribution in [3.63, 3.8) is 0 Å². The van der Waals surface area contributed by atoms with Gasteiger partial charge >= 0.3 is 0 Å². The molecule has 0 saturated heterocycles. The van der Waals surface area contributed by atoms with Crippen LogP contribution < -0.4 is 10.2 Å². The van der Waals surface area contributed by atoms with E-state index in [0.29, 0.717) is 6.54 Å². The van der Waals surface area contributed by atoms with Gasteiger partial charge in [-0.3, -0.25) is 4.79 Å². The molecule has 0 radical (unpaired) electrons. The van der Waals surface area contributed by atoms with Crippen LogP contribution in [0, 0.1) is 0 Å². The number of para-hydroxylation sites is 1. The largest absolute Gasteiger partial charge is 0.357 e. The van der Waals surface area contributed by atoms with Gasteiger partial charge in [0.25, 0.3) is 0 Å². The van der Waals surface area contributed by atoms with Crippen molar-refractivity contribution in [1.29, 1.82) is 0 Å². The van der Waals surface area contributed by atoms with E-state index in [0.717, 1.165) is 21.6 Å². The maximum absolute atomic E-state index is 12.9. The standard InChI is InChI=1S/C17H20N4OS2/c1-4-9-18-16-19-20-17(24-16)23-12(3)15(22)21-11(2)10-13-7-5-6-8-14(13)21/h4-8,11-12H,1,9-10H2,2-3H3,(H,18,19)/t11-,12-/m0/s1. The lowest BCUT2D eigenvalue weighted by molar-refractivity contribution is -0.118. The van der Waals surface area contributed by atoms with E-state index >= 15 is 0 Å². The van der Waals surface area contributed by atoms with Gasteiger partial charge in [-0.15, -0.1) is 16.8 Å². The van der Waals surface area contributed by atoms with Crippen molar-refractivity contribution >= 4 is 39.8 Å². The van der Waals surface area contributed by atoms with Gasteiger partial charge in [0, 0.05) is 18.3 Å². The first-order valence-corrected chi connectivity index (χ1v) is 9.55. The van der Waals surface area contributed by atoms with E-state index < -0.39 is 0 Å². The second-order valence-corrected chi connectivity index (χ2v) is 8.26. The molecular weight excluding hydrogens is 340 g/mol. The number of anilines is 2. The van der Waals surface area contributed by atoms with Gasteiger partial charge in [0.2, 0.25) is 11.0 Å². The Morgan fingerprint density at radius 1 is 1.54 bits per heavy atom. The first-order valence-electron chi connectivity index (χ1n) is 7.86. The number of carbonyl (C=O) groups is 1. The molecule has 1 aliphatic heterocycles. The minimum Gasteiger partial charge on any atom is -0.357 e. The quantitative estimate of drug-likeness (QED) is 0.630. The van der Waals surface area contributed by atoms with Crippen molar-refractivity contribution in [2.75, 3.05) is 16.8 Å². The fraction of sp³-hybridized carbons (Fsp3) is 0.353. The summed E-state index contributed by atoms with van der Waals surface area (Å²) in [6, 6.07) is 8.32. The molecule has 2 atom stereocenters. The maximum Gasteiger partial charge on any atom is 0.240 e. The van der Waals surface area contributed by atoms with Crippen molar-refractivity contribution in [3.8, 4) is 0 Å². The number of rotatable bonds is 6. The van der Waals surface area contributed by atoms with Gasteiger partial charge in [-0.2, -0.15) is 0 Å². The third-order valence-corrected chi connectivity index (χ3v) is 5.93. The fourth-order valence-electron chi connectivity index (χ4n) is 2.79. The summed E-state index contributed by atoms with van der Waals surface area (Å²) in [5.41, 5.74) is 2.27. The van der Waals surface area contributed by atoms with E-state index in [9.17, 15) is 4.79 Å². The third-order valence-electron chi connectivity index (χ3n) is 3.87. The second kappa shape index (κ2) is 7.36. The van der Waals surface area contributed by atoms with Gasteiger partial charge in [-0.25, -0.2) is 0 Å². The van der Waals surface area contributed by atoms with E-state index in [1.807, 2.05) is 30.0 Å². The molecule has 7 heteroatoms. The Morgan fingerprint density at radius 3 is 3.12 bits per heavy atom. The summed E-state index contributed by atoms with van der Waals surface area (Å²) >= 11 is 2.92. The monoisotopic (exact) mass is 360 g/mol. The molecule has 1 N–H and O–H groups in total. The second-order valence-electron chi connectivity index (χ2n) is 5.69. The molecule has 1 aromatic heterocycles. The molecule has 0 saturated carbocycles. The molecule has 0 spiro atoms. The highest BCUT2D eigenvalue weighted by molar-refractivity contribution is 8.02. The molecule has 1 amide bonds. The molecular formula is C17H20N4OS2. The predicted molar refractivity (Wildman–Crippen MR) is 101 cm³/mol. The number of nitrogens with zero attached hydrogens (tertiary/aromatic N) is 3. The molecule has 0 fully saturated rings. The maximum atomic E-state index is 12.9. The Balaban J connectivity index is 1.69. The lowest BCUT2D eigenvalue weighted by Crippen LogP contribution is -2.40. The third kappa shape index (κ3) is 3.47. The molecule has 1 aliphatic rings. The lowest BCUT2D eigenvalue weighted by atomic mass is 10.1. The van der Waals surface area contributed by atoms with Crippen LogP contribution in [0.4, 0.5) is 10.8 Å². The van der Waals surface area contributed by atoms with Gasteiger partial charge in [0.1, 0.15) is 0 Å². The Bertz CT molecular complexity index is 746. The Labute approximate surface area is 150 Å². The number of hydrogen-bond acceptors (Lipinski definition) is 6. The molecule has 24 heavy (non-hydrogen) atoms. The molecule has 0 bridgehead atoms. The van der Waals surface area contributed by atoms with Crippen molar-refractivity contribution in [3.05, 3.63) is 42.5 Å². The number of amides is 1. The van der Waals surface area contributed by atoms with Crippen LogP contribution in [0.3, 0.4) is 0 Å². The molecule has 2 aromatic rings. The van der Waals surface area contributed by atoms with Crippen molar-refractivity contribution in [2.24, 2.45) is 0 Å². The average molecular weight is 361 g/mol. The Morgan fingerprint density at radius 2 is 2.33 bits per heavy atom. The molecule has 126 valence electrons. The number of hydrogen-bond donors (Lipinski definition) is 1. The summed E-state index contributed by atoms with van der Waals surface area (Å²) in [6.07, 6.45) is 2.68. The van der Waals surface area contributed by atoms with Crippen LogP contribution in [0.2, 0.25) is 0 Å². The molecule has 0 unspecified atom stereocenters. The fourth-order valence-corrected chi connectivity index (χ4v) is 4.74. The summed E-state index contributed by atoms with van der Waals surface area (Å²) in [6.45, 7) is 8.34. The first kappa shape index (κ1) is 17.0. The van der Waals surface area contributed by atoms with E-state index in [-0.39, 0.29) is 17.2 Å². The number of thioether (sulfide) groups is 1. The van der Waals surface area contributed by atoms with Gasteiger partial charge in [0.15, 0.2) is 4.34 Å². The number of fused-ring (bicyclic) bond motifs is 1. The van der Waals surface area contributed by atoms with Crippen LogP contribution in [0.1, 0.15) is 19.4 Å². The molecule has 0 aliphatic carbocycles. The van der Waals surface area contributed by atoms with Crippen molar-refractivity contribution in [2.45, 2.75) is 35.9 Å². The van der Waals surface area contributed by atoms with Crippen molar-refractivity contribution < 1.29 is 4.79 Å². The lowest BCUT2D eigenvalue weighted by Gasteiger charge is -2.25. The molecule has 5 nitrogen and oxygen atoms in total. The Hall–Kier alpha value is -1.86. The van der Waals surface area contributed by atoms with E-state index in [1.165, 1.54) is 28.7 Å². The van der Waals surface area contributed by atoms with Crippen molar-refractivity contribution in [1.82, 2.24) is 10.2 Å². The van der Waals surface area contributed by atoms with Crippen LogP contribution in [-0.4, -0.2) is 33.9 Å². The topological polar surface area (TPSA) is 58.1 Å². The summed E-state index contributed by atoms with van der Waals surface area (Å²) in [7, 11) is 0.